The molecule has 2 aromatic rings. The second-order valence-electron chi connectivity index (χ2n) is 6.98. The van der Waals surface area contributed by atoms with Crippen molar-refractivity contribution in [2.75, 3.05) is 38.1 Å². The van der Waals surface area contributed by atoms with E-state index in [0.717, 1.165) is 31.6 Å². The lowest BCUT2D eigenvalue weighted by Crippen LogP contribution is -2.34. The van der Waals surface area contributed by atoms with Crippen LogP contribution in [0.15, 0.2) is 24.5 Å². The van der Waals surface area contributed by atoms with E-state index in [1.165, 1.54) is 0 Å². The maximum Gasteiger partial charge on any atom is 0.271 e. The molecule has 2 N–H and O–H groups in total. The molecule has 9 nitrogen and oxygen atoms in total. The molecule has 2 aliphatic rings. The molecule has 0 spiro atoms. The van der Waals surface area contributed by atoms with Crippen molar-refractivity contribution >= 4 is 17.8 Å². The standard InChI is InChI=1S/C18H23N7O2/c1-19-16(26)13-11-25(17(27)15-5-7-21-23-15)10-12(13)14-4-6-20-18(22-14)24-8-2-3-9-24/h4-7,12-13H,2-3,8-11H2,1H3,(H,19,26)(H,21,23)/t12-,13-/m1/s1. The minimum absolute atomic E-state index is 0.0822. The Balaban J connectivity index is 1.60. The Kier molecular flexibility index (Phi) is 4.74. The number of H-pyrrole nitrogens is 1. The van der Waals surface area contributed by atoms with E-state index < -0.39 is 0 Å². The van der Waals surface area contributed by atoms with E-state index in [4.69, 9.17) is 4.98 Å². The van der Waals surface area contributed by atoms with Crippen molar-refractivity contribution in [1.29, 1.82) is 0 Å². The summed E-state index contributed by atoms with van der Waals surface area (Å²) in [5.74, 6) is -0.0395. The van der Waals surface area contributed by atoms with Gasteiger partial charge in [-0.3, -0.25) is 14.7 Å². The third kappa shape index (κ3) is 3.36. The number of hydrogen-bond donors (Lipinski definition) is 2. The molecule has 2 aromatic heterocycles. The number of nitrogens with one attached hydrogen (secondary N) is 2. The molecule has 4 heterocycles. The van der Waals surface area contributed by atoms with Gasteiger partial charge in [0.05, 0.1) is 11.6 Å². The van der Waals surface area contributed by atoms with E-state index >= 15 is 0 Å². The van der Waals surface area contributed by atoms with Crippen molar-refractivity contribution in [1.82, 2.24) is 30.4 Å². The maximum absolute atomic E-state index is 12.7. The SMILES string of the molecule is CNC(=O)[C@@H]1CN(C(=O)c2ccn[nH]2)C[C@H]1c1ccnc(N2CCCC2)n1. The number of nitrogens with zero attached hydrogens (tertiary/aromatic N) is 5. The lowest BCUT2D eigenvalue weighted by molar-refractivity contribution is -0.124. The fourth-order valence-corrected chi connectivity index (χ4v) is 3.90. The zero-order chi connectivity index (χ0) is 18.8. The zero-order valence-electron chi connectivity index (χ0n) is 15.3. The Morgan fingerprint density at radius 3 is 2.70 bits per heavy atom. The van der Waals surface area contributed by atoms with Crippen LogP contribution in [-0.4, -0.2) is 70.1 Å². The summed E-state index contributed by atoms with van der Waals surface area (Å²) in [4.78, 5) is 38.2. The summed E-state index contributed by atoms with van der Waals surface area (Å²) in [5, 5.41) is 9.26. The Hall–Kier alpha value is -2.97. The Morgan fingerprint density at radius 1 is 1.19 bits per heavy atom. The number of amides is 2. The highest BCUT2D eigenvalue weighted by Gasteiger charge is 2.41. The molecule has 2 fully saturated rings. The smallest absolute Gasteiger partial charge is 0.271 e. The van der Waals surface area contributed by atoms with E-state index in [9.17, 15) is 9.59 Å². The number of carbonyl (C=O) groups is 2. The first-order valence-corrected chi connectivity index (χ1v) is 9.25. The Labute approximate surface area is 157 Å². The van der Waals surface area contributed by atoms with Gasteiger partial charge in [0.15, 0.2) is 0 Å². The number of carbonyl (C=O) groups excluding carboxylic acids is 2. The molecule has 0 radical (unpaired) electrons. The van der Waals surface area contributed by atoms with E-state index in [1.54, 1.807) is 30.4 Å². The fourth-order valence-electron chi connectivity index (χ4n) is 3.90. The Morgan fingerprint density at radius 2 is 2.00 bits per heavy atom. The number of anilines is 1. The number of aromatic amines is 1. The van der Waals surface area contributed by atoms with E-state index in [0.29, 0.717) is 24.7 Å². The molecule has 0 unspecified atom stereocenters. The van der Waals surface area contributed by atoms with E-state index in [1.807, 2.05) is 6.07 Å². The first-order chi connectivity index (χ1) is 13.2. The van der Waals surface area contributed by atoms with Gasteiger partial charge in [-0.2, -0.15) is 5.10 Å². The molecule has 2 amide bonds. The molecule has 2 aliphatic heterocycles. The first-order valence-electron chi connectivity index (χ1n) is 9.25. The molecule has 0 aliphatic carbocycles. The summed E-state index contributed by atoms with van der Waals surface area (Å²) in [6.07, 6.45) is 5.58. The molecule has 0 aromatic carbocycles. The lowest BCUT2D eigenvalue weighted by atomic mass is 9.92. The summed E-state index contributed by atoms with van der Waals surface area (Å²) in [5.41, 5.74) is 1.23. The summed E-state index contributed by atoms with van der Waals surface area (Å²) in [6, 6.07) is 3.49. The topological polar surface area (TPSA) is 107 Å². The van der Waals surface area contributed by atoms with Crippen molar-refractivity contribution in [3.05, 3.63) is 35.9 Å². The van der Waals surface area contributed by atoms with Gasteiger partial charge < -0.3 is 15.1 Å². The average Bonchev–Trinajstić information content (AvgIpc) is 3.48. The van der Waals surface area contributed by atoms with Crippen LogP contribution in [0.3, 0.4) is 0 Å². The third-order valence-corrected chi connectivity index (χ3v) is 5.35. The first kappa shape index (κ1) is 17.4. The predicted molar refractivity (Wildman–Crippen MR) is 98.3 cm³/mol. The highest BCUT2D eigenvalue weighted by atomic mass is 16.2. The minimum Gasteiger partial charge on any atom is -0.359 e. The highest BCUT2D eigenvalue weighted by molar-refractivity contribution is 5.93. The number of aromatic nitrogens is 4. The van der Waals surface area contributed by atoms with Crippen LogP contribution < -0.4 is 10.2 Å². The highest BCUT2D eigenvalue weighted by Crippen LogP contribution is 2.33. The van der Waals surface area contributed by atoms with Crippen molar-refractivity contribution < 1.29 is 9.59 Å². The van der Waals surface area contributed by atoms with Gasteiger partial charge in [0.2, 0.25) is 11.9 Å². The van der Waals surface area contributed by atoms with Crippen LogP contribution >= 0.6 is 0 Å². The molecule has 0 bridgehead atoms. The molecular weight excluding hydrogens is 346 g/mol. The number of rotatable bonds is 4. The van der Waals surface area contributed by atoms with E-state index in [2.05, 4.69) is 25.4 Å². The molecule has 0 saturated carbocycles. The van der Waals surface area contributed by atoms with Crippen LogP contribution in [0.2, 0.25) is 0 Å². The average molecular weight is 369 g/mol. The van der Waals surface area contributed by atoms with Crippen LogP contribution in [0.4, 0.5) is 5.95 Å². The van der Waals surface area contributed by atoms with Crippen molar-refractivity contribution in [2.24, 2.45) is 5.92 Å². The van der Waals surface area contributed by atoms with Gasteiger partial charge in [0.1, 0.15) is 5.69 Å². The fraction of sp³-hybridized carbons (Fsp3) is 0.500. The maximum atomic E-state index is 12.7. The van der Waals surface area contributed by atoms with Crippen LogP contribution in [0, 0.1) is 5.92 Å². The zero-order valence-corrected chi connectivity index (χ0v) is 15.3. The van der Waals surface area contributed by atoms with Crippen molar-refractivity contribution in [2.45, 2.75) is 18.8 Å². The number of hydrogen-bond acceptors (Lipinski definition) is 6. The van der Waals surface area contributed by atoms with Gasteiger partial charge >= 0.3 is 0 Å². The van der Waals surface area contributed by atoms with Gasteiger partial charge in [-0.15, -0.1) is 0 Å². The van der Waals surface area contributed by atoms with Gasteiger partial charge in [0, 0.05) is 51.5 Å². The normalized spacial score (nSPS) is 22.3. The summed E-state index contributed by atoms with van der Waals surface area (Å²) >= 11 is 0. The van der Waals surface area contributed by atoms with Gasteiger partial charge in [-0.05, 0) is 25.0 Å². The van der Waals surface area contributed by atoms with Crippen LogP contribution in [-0.2, 0) is 4.79 Å². The van der Waals surface area contributed by atoms with Crippen molar-refractivity contribution in [3.63, 3.8) is 0 Å². The summed E-state index contributed by atoms with van der Waals surface area (Å²) in [7, 11) is 1.62. The van der Waals surface area contributed by atoms with Crippen LogP contribution in [0.25, 0.3) is 0 Å². The number of likely N-dealkylation sites (tertiary alicyclic amines) is 1. The molecule has 142 valence electrons. The van der Waals surface area contributed by atoms with Crippen molar-refractivity contribution in [3.8, 4) is 0 Å². The van der Waals surface area contributed by atoms with Crippen LogP contribution in [0.1, 0.15) is 34.9 Å². The van der Waals surface area contributed by atoms with Gasteiger partial charge in [0.25, 0.3) is 5.91 Å². The molecule has 27 heavy (non-hydrogen) atoms. The molecule has 2 saturated heterocycles. The second-order valence-corrected chi connectivity index (χ2v) is 6.98. The van der Waals surface area contributed by atoms with Gasteiger partial charge in [-0.25, -0.2) is 9.97 Å². The largest absolute Gasteiger partial charge is 0.359 e. The van der Waals surface area contributed by atoms with Gasteiger partial charge in [-0.1, -0.05) is 0 Å². The molecule has 9 heteroatoms. The monoisotopic (exact) mass is 369 g/mol. The van der Waals surface area contributed by atoms with E-state index in [-0.39, 0.29) is 23.7 Å². The summed E-state index contributed by atoms with van der Waals surface area (Å²) in [6.45, 7) is 2.70. The van der Waals surface area contributed by atoms with Crippen LogP contribution in [0.5, 0.6) is 0 Å². The molecule has 4 rings (SSSR count). The summed E-state index contributed by atoms with van der Waals surface area (Å²) < 4.78 is 0. The second kappa shape index (κ2) is 7.34. The molecule has 2 atom stereocenters. The predicted octanol–water partition coefficient (Wildman–Crippen LogP) is 0.402. The minimum atomic E-state index is -0.344. The Bertz CT molecular complexity index is 817. The molecular formula is C18H23N7O2. The third-order valence-electron chi connectivity index (χ3n) is 5.35. The lowest BCUT2D eigenvalue weighted by Gasteiger charge is -2.19. The quantitative estimate of drug-likeness (QED) is 0.808.